The van der Waals surface area contributed by atoms with Gasteiger partial charge in [0.1, 0.15) is 0 Å². The first-order valence-corrected chi connectivity index (χ1v) is 8.16. The van der Waals surface area contributed by atoms with Crippen LogP contribution >= 0.6 is 0 Å². The molecule has 0 atom stereocenters. The topological polar surface area (TPSA) is 52.9 Å². The minimum atomic E-state index is -0.0533. The minimum absolute atomic E-state index is 0.000724. The fraction of sp³-hybridized carbons (Fsp3) is 0.0909. The zero-order valence-electron chi connectivity index (χ0n) is 13.7. The second-order valence-corrected chi connectivity index (χ2v) is 5.82. The zero-order chi connectivity index (χ0) is 17.5. The van der Waals surface area contributed by atoms with Crippen molar-refractivity contribution in [2.75, 3.05) is 5.32 Å². The highest BCUT2D eigenvalue weighted by molar-refractivity contribution is 5.91. The monoisotopic (exact) mass is 326 g/mol. The molecule has 3 nitrogen and oxygen atoms in total. The summed E-state index contributed by atoms with van der Waals surface area (Å²) in [6.45, 7) is 0. The number of nitriles is 1. The lowest BCUT2D eigenvalue weighted by molar-refractivity contribution is -0.116. The van der Waals surface area contributed by atoms with Gasteiger partial charge < -0.3 is 5.32 Å². The number of rotatable bonds is 5. The molecule has 0 radical (unpaired) electrons. The van der Waals surface area contributed by atoms with Crippen LogP contribution in [-0.4, -0.2) is 5.91 Å². The molecule has 0 bridgehead atoms. The van der Waals surface area contributed by atoms with E-state index in [9.17, 15) is 4.79 Å². The molecule has 25 heavy (non-hydrogen) atoms. The molecule has 0 heterocycles. The molecule has 3 rings (SSSR count). The summed E-state index contributed by atoms with van der Waals surface area (Å²) in [6.07, 6.45) is 0.355. The van der Waals surface area contributed by atoms with Crippen LogP contribution in [0.3, 0.4) is 0 Å². The van der Waals surface area contributed by atoms with Gasteiger partial charge in [-0.2, -0.15) is 5.26 Å². The van der Waals surface area contributed by atoms with Gasteiger partial charge in [0.25, 0.3) is 0 Å². The van der Waals surface area contributed by atoms with E-state index >= 15 is 0 Å². The van der Waals surface area contributed by atoms with Gasteiger partial charge in [0, 0.05) is 18.0 Å². The van der Waals surface area contributed by atoms with Gasteiger partial charge in [-0.15, -0.1) is 0 Å². The highest BCUT2D eigenvalue weighted by atomic mass is 16.1. The van der Waals surface area contributed by atoms with E-state index in [4.69, 9.17) is 5.26 Å². The molecule has 0 unspecified atom stereocenters. The van der Waals surface area contributed by atoms with Crippen LogP contribution in [0, 0.1) is 11.3 Å². The minimum Gasteiger partial charge on any atom is -0.326 e. The van der Waals surface area contributed by atoms with Crippen LogP contribution in [-0.2, 0) is 4.79 Å². The van der Waals surface area contributed by atoms with Crippen molar-refractivity contribution in [3.8, 4) is 6.07 Å². The van der Waals surface area contributed by atoms with E-state index in [0.29, 0.717) is 17.7 Å². The predicted molar refractivity (Wildman–Crippen MR) is 99.1 cm³/mol. The molecule has 1 amide bonds. The molecule has 0 spiro atoms. The molecule has 0 fully saturated rings. The van der Waals surface area contributed by atoms with Gasteiger partial charge in [-0.1, -0.05) is 60.7 Å². The summed E-state index contributed by atoms with van der Waals surface area (Å²) in [6, 6.07) is 29.1. The number of benzene rings is 3. The van der Waals surface area contributed by atoms with Crippen molar-refractivity contribution in [2.45, 2.75) is 12.3 Å². The highest BCUT2D eigenvalue weighted by Crippen LogP contribution is 2.28. The van der Waals surface area contributed by atoms with Crippen LogP contribution in [0.2, 0.25) is 0 Å². The molecule has 0 aromatic heterocycles. The third kappa shape index (κ3) is 4.33. The Kier molecular flexibility index (Phi) is 5.23. The Labute approximate surface area is 147 Å². The van der Waals surface area contributed by atoms with E-state index in [0.717, 1.165) is 11.1 Å². The number of hydrogen-bond acceptors (Lipinski definition) is 2. The average molecular weight is 326 g/mol. The third-order valence-electron chi connectivity index (χ3n) is 4.09. The highest BCUT2D eigenvalue weighted by Gasteiger charge is 2.18. The van der Waals surface area contributed by atoms with Crippen LogP contribution in [0.1, 0.15) is 29.0 Å². The fourth-order valence-corrected chi connectivity index (χ4v) is 2.82. The van der Waals surface area contributed by atoms with E-state index in [1.807, 2.05) is 60.7 Å². The van der Waals surface area contributed by atoms with Gasteiger partial charge in [0.2, 0.25) is 5.91 Å². The van der Waals surface area contributed by atoms with Gasteiger partial charge in [0.05, 0.1) is 11.6 Å². The lowest BCUT2D eigenvalue weighted by atomic mass is 9.88. The molecule has 0 saturated heterocycles. The molecule has 3 heteroatoms. The standard InChI is InChI=1S/C22H18N2O/c23-16-17-11-13-20(14-12-17)24-22(25)15-21(18-7-3-1-4-8-18)19-9-5-2-6-10-19/h1-14,21H,15H2,(H,24,25). The van der Waals surface area contributed by atoms with Crippen molar-refractivity contribution in [2.24, 2.45) is 0 Å². The molecular weight excluding hydrogens is 308 g/mol. The Balaban J connectivity index is 1.78. The van der Waals surface area contributed by atoms with Crippen molar-refractivity contribution in [3.05, 3.63) is 102 Å². The second-order valence-electron chi connectivity index (χ2n) is 5.82. The van der Waals surface area contributed by atoms with Crippen LogP contribution in [0.15, 0.2) is 84.9 Å². The maximum absolute atomic E-state index is 12.5. The average Bonchev–Trinajstić information content (AvgIpc) is 2.68. The molecule has 122 valence electrons. The first-order chi connectivity index (χ1) is 12.3. The molecule has 0 saturated carbocycles. The number of anilines is 1. The SMILES string of the molecule is N#Cc1ccc(NC(=O)CC(c2ccccc2)c2ccccc2)cc1. The molecule has 3 aromatic carbocycles. The van der Waals surface area contributed by atoms with Crippen LogP contribution in [0.25, 0.3) is 0 Å². The van der Waals surface area contributed by atoms with E-state index in [2.05, 4.69) is 11.4 Å². The van der Waals surface area contributed by atoms with Gasteiger partial charge in [-0.05, 0) is 35.4 Å². The van der Waals surface area contributed by atoms with Gasteiger partial charge in [-0.25, -0.2) is 0 Å². The molecule has 0 aliphatic carbocycles. The lowest BCUT2D eigenvalue weighted by Crippen LogP contribution is -2.16. The summed E-state index contributed by atoms with van der Waals surface area (Å²) in [4.78, 5) is 12.5. The van der Waals surface area contributed by atoms with Gasteiger partial charge in [-0.3, -0.25) is 4.79 Å². The summed E-state index contributed by atoms with van der Waals surface area (Å²) in [5.74, 6) is -0.0526. The Morgan fingerprint density at radius 2 is 1.36 bits per heavy atom. The van der Waals surface area contributed by atoms with E-state index in [1.165, 1.54) is 0 Å². The number of nitrogens with zero attached hydrogens (tertiary/aromatic N) is 1. The first-order valence-electron chi connectivity index (χ1n) is 8.16. The Morgan fingerprint density at radius 3 is 1.84 bits per heavy atom. The van der Waals surface area contributed by atoms with Crippen molar-refractivity contribution in [3.63, 3.8) is 0 Å². The van der Waals surface area contributed by atoms with Gasteiger partial charge >= 0.3 is 0 Å². The maximum atomic E-state index is 12.5. The van der Waals surface area contributed by atoms with Crippen LogP contribution in [0.5, 0.6) is 0 Å². The van der Waals surface area contributed by atoms with Crippen molar-refractivity contribution >= 4 is 11.6 Å². The summed E-state index contributed by atoms with van der Waals surface area (Å²) in [7, 11) is 0. The number of carbonyl (C=O) groups is 1. The van der Waals surface area contributed by atoms with E-state index in [1.54, 1.807) is 24.3 Å². The lowest BCUT2D eigenvalue weighted by Gasteiger charge is -2.18. The second kappa shape index (κ2) is 7.94. The fourth-order valence-electron chi connectivity index (χ4n) is 2.82. The Hall–Kier alpha value is -3.38. The van der Waals surface area contributed by atoms with Crippen LogP contribution < -0.4 is 5.32 Å². The molecule has 3 aromatic rings. The van der Waals surface area contributed by atoms with Gasteiger partial charge in [0.15, 0.2) is 0 Å². The Morgan fingerprint density at radius 1 is 0.840 bits per heavy atom. The summed E-state index contributed by atoms with van der Waals surface area (Å²) in [5, 5.41) is 11.8. The van der Waals surface area contributed by atoms with Crippen molar-refractivity contribution < 1.29 is 4.79 Å². The number of hydrogen-bond donors (Lipinski definition) is 1. The molecule has 1 N–H and O–H groups in total. The predicted octanol–water partition coefficient (Wildman–Crippen LogP) is 4.72. The number of carbonyl (C=O) groups excluding carboxylic acids is 1. The van der Waals surface area contributed by atoms with Crippen molar-refractivity contribution in [1.82, 2.24) is 0 Å². The first kappa shape index (κ1) is 16.5. The normalized spacial score (nSPS) is 10.2. The molecule has 0 aliphatic heterocycles. The van der Waals surface area contributed by atoms with Crippen LogP contribution in [0.4, 0.5) is 5.69 Å². The molecule has 0 aliphatic rings. The maximum Gasteiger partial charge on any atom is 0.225 e. The van der Waals surface area contributed by atoms with Crippen molar-refractivity contribution in [1.29, 1.82) is 5.26 Å². The quantitative estimate of drug-likeness (QED) is 0.737. The molecular formula is C22H18N2O. The Bertz CT molecular complexity index is 826. The van der Waals surface area contributed by atoms with E-state index in [-0.39, 0.29) is 11.8 Å². The zero-order valence-corrected chi connectivity index (χ0v) is 13.7. The summed E-state index contributed by atoms with van der Waals surface area (Å²) < 4.78 is 0. The largest absolute Gasteiger partial charge is 0.326 e. The number of amides is 1. The summed E-state index contributed by atoms with van der Waals surface area (Å²) >= 11 is 0. The smallest absolute Gasteiger partial charge is 0.225 e. The third-order valence-corrected chi connectivity index (χ3v) is 4.09. The number of nitrogens with one attached hydrogen (secondary N) is 1. The summed E-state index contributed by atoms with van der Waals surface area (Å²) in [5.41, 5.74) is 3.50. The van der Waals surface area contributed by atoms with E-state index < -0.39 is 0 Å².